The summed E-state index contributed by atoms with van der Waals surface area (Å²) in [7, 11) is 0. The first-order valence-electron chi connectivity index (χ1n) is 9.07. The van der Waals surface area contributed by atoms with E-state index in [2.05, 4.69) is 84.2 Å². The Morgan fingerprint density at radius 1 is 0.808 bits per heavy atom. The van der Waals surface area contributed by atoms with Crippen LogP contribution in [0.25, 0.3) is 21.9 Å². The van der Waals surface area contributed by atoms with E-state index < -0.39 is 0 Å². The van der Waals surface area contributed by atoms with Crippen LogP contribution in [0, 0.1) is 0 Å². The van der Waals surface area contributed by atoms with Gasteiger partial charge >= 0.3 is 0 Å². The zero-order valence-corrected chi connectivity index (χ0v) is 15.2. The summed E-state index contributed by atoms with van der Waals surface area (Å²) < 4.78 is 0. The highest BCUT2D eigenvalue weighted by Crippen LogP contribution is 2.34. The molecule has 0 radical (unpaired) electrons. The Balaban J connectivity index is 1.46. The number of nitrogens with zero attached hydrogens (tertiary/aromatic N) is 1. The zero-order valence-electron chi connectivity index (χ0n) is 14.4. The van der Waals surface area contributed by atoms with E-state index in [1.54, 1.807) is 11.3 Å². The molecule has 0 N–H and O–H groups in total. The summed E-state index contributed by atoms with van der Waals surface area (Å²) >= 11 is 1.79. The quantitative estimate of drug-likeness (QED) is 0.380. The van der Waals surface area contributed by atoms with Crippen molar-refractivity contribution in [3.05, 3.63) is 94.7 Å². The van der Waals surface area contributed by atoms with Crippen molar-refractivity contribution in [3.8, 4) is 11.1 Å². The third kappa shape index (κ3) is 2.77. The Morgan fingerprint density at radius 3 is 2.50 bits per heavy atom. The summed E-state index contributed by atoms with van der Waals surface area (Å²) in [5.41, 5.74) is 5.15. The van der Waals surface area contributed by atoms with Crippen molar-refractivity contribution in [2.24, 2.45) is 4.99 Å². The highest BCUT2D eigenvalue weighted by molar-refractivity contribution is 7.12. The maximum atomic E-state index is 4.98. The molecule has 0 spiro atoms. The van der Waals surface area contributed by atoms with Crippen molar-refractivity contribution >= 4 is 27.8 Å². The molecule has 0 amide bonds. The lowest BCUT2D eigenvalue weighted by molar-refractivity contribution is 0.723. The predicted molar refractivity (Wildman–Crippen MR) is 112 cm³/mol. The summed E-state index contributed by atoms with van der Waals surface area (Å²) in [6.45, 7) is 0. The average Bonchev–Trinajstić information content (AvgIpc) is 3.39. The number of fused-ring (bicyclic) bond motifs is 1. The summed E-state index contributed by atoms with van der Waals surface area (Å²) in [5.74, 6) is 0. The molecule has 4 aromatic rings. The molecule has 126 valence electrons. The molecule has 1 nitrogen and oxygen atoms in total. The van der Waals surface area contributed by atoms with Crippen LogP contribution in [0.2, 0.25) is 0 Å². The van der Waals surface area contributed by atoms with E-state index in [1.807, 2.05) is 0 Å². The van der Waals surface area contributed by atoms with Crippen LogP contribution < -0.4 is 0 Å². The van der Waals surface area contributed by atoms with E-state index in [9.17, 15) is 0 Å². The van der Waals surface area contributed by atoms with Gasteiger partial charge in [0.15, 0.2) is 0 Å². The van der Waals surface area contributed by atoms with Crippen LogP contribution in [0.15, 0.2) is 89.2 Å². The second-order valence-electron chi connectivity index (χ2n) is 6.76. The number of thiophene rings is 1. The highest BCUT2D eigenvalue weighted by atomic mass is 32.1. The molecule has 0 saturated heterocycles. The molecular weight excluding hydrogens is 334 g/mol. The Kier molecular flexibility index (Phi) is 3.91. The van der Waals surface area contributed by atoms with Gasteiger partial charge in [0.1, 0.15) is 0 Å². The molecule has 0 bridgehead atoms. The van der Waals surface area contributed by atoms with Crippen LogP contribution in [-0.4, -0.2) is 5.71 Å². The summed E-state index contributed by atoms with van der Waals surface area (Å²) in [6, 6.07) is 28.7. The first-order chi connectivity index (χ1) is 12.9. The number of rotatable bonds is 3. The van der Waals surface area contributed by atoms with E-state index in [0.29, 0.717) is 6.04 Å². The molecule has 5 rings (SSSR count). The van der Waals surface area contributed by atoms with E-state index >= 15 is 0 Å². The summed E-state index contributed by atoms with van der Waals surface area (Å²) in [5, 5.41) is 4.72. The van der Waals surface area contributed by atoms with Gasteiger partial charge < -0.3 is 0 Å². The van der Waals surface area contributed by atoms with Gasteiger partial charge in [-0.2, -0.15) is 0 Å². The monoisotopic (exact) mass is 353 g/mol. The SMILES string of the molecule is c1csc(C2=NC(c3ccc(-c4cccc5ccccc45)cc3)CC2)c1. The third-order valence-electron chi connectivity index (χ3n) is 5.17. The molecule has 0 aliphatic carbocycles. The molecule has 0 saturated carbocycles. The van der Waals surface area contributed by atoms with Crippen LogP contribution in [0.4, 0.5) is 0 Å². The van der Waals surface area contributed by atoms with Crippen molar-refractivity contribution in [3.63, 3.8) is 0 Å². The molecule has 1 unspecified atom stereocenters. The average molecular weight is 353 g/mol. The molecule has 26 heavy (non-hydrogen) atoms. The second kappa shape index (κ2) is 6.54. The molecular formula is C24H19NS. The lowest BCUT2D eigenvalue weighted by Crippen LogP contribution is -1.91. The van der Waals surface area contributed by atoms with E-state index in [0.717, 1.165) is 12.8 Å². The van der Waals surface area contributed by atoms with Gasteiger partial charge in [-0.25, -0.2) is 0 Å². The van der Waals surface area contributed by atoms with E-state index in [4.69, 9.17) is 4.99 Å². The standard InChI is InChI=1S/C24H19NS/c1-2-7-20-17(5-1)6-3-8-21(20)18-10-12-19(13-11-18)22-14-15-23(25-22)24-9-4-16-26-24/h1-13,16,22H,14-15H2. The second-order valence-corrected chi connectivity index (χ2v) is 7.70. The Bertz CT molecular complexity index is 1070. The van der Waals surface area contributed by atoms with Crippen LogP contribution in [0.3, 0.4) is 0 Å². The van der Waals surface area contributed by atoms with E-state index in [1.165, 1.54) is 38.1 Å². The number of hydrogen-bond donors (Lipinski definition) is 0. The Morgan fingerprint density at radius 2 is 1.65 bits per heavy atom. The molecule has 1 aromatic heterocycles. The van der Waals surface area contributed by atoms with Crippen molar-refractivity contribution in [1.29, 1.82) is 0 Å². The summed E-state index contributed by atoms with van der Waals surface area (Å²) in [4.78, 5) is 6.30. The van der Waals surface area contributed by atoms with Gasteiger partial charge in [-0.3, -0.25) is 4.99 Å². The van der Waals surface area contributed by atoms with Crippen molar-refractivity contribution in [2.45, 2.75) is 18.9 Å². The van der Waals surface area contributed by atoms with Gasteiger partial charge in [0, 0.05) is 4.88 Å². The molecule has 2 heterocycles. The maximum absolute atomic E-state index is 4.98. The first kappa shape index (κ1) is 15.5. The van der Waals surface area contributed by atoms with Gasteiger partial charge in [0.2, 0.25) is 0 Å². The minimum atomic E-state index is 0.300. The fourth-order valence-corrected chi connectivity index (χ4v) is 4.58. The van der Waals surface area contributed by atoms with Crippen molar-refractivity contribution in [2.75, 3.05) is 0 Å². The number of benzene rings is 3. The number of hydrogen-bond acceptors (Lipinski definition) is 2. The van der Waals surface area contributed by atoms with Gasteiger partial charge in [0.25, 0.3) is 0 Å². The van der Waals surface area contributed by atoms with Gasteiger partial charge in [-0.05, 0) is 51.8 Å². The largest absolute Gasteiger partial charge is 0.280 e. The Hall–Kier alpha value is -2.71. The predicted octanol–water partition coefficient (Wildman–Crippen LogP) is 6.89. The number of aliphatic imine (C=N–C) groups is 1. The van der Waals surface area contributed by atoms with Crippen molar-refractivity contribution in [1.82, 2.24) is 0 Å². The van der Waals surface area contributed by atoms with Gasteiger partial charge in [-0.15, -0.1) is 11.3 Å². The third-order valence-corrected chi connectivity index (χ3v) is 6.09. The first-order valence-corrected chi connectivity index (χ1v) is 9.95. The van der Waals surface area contributed by atoms with Crippen LogP contribution in [0.1, 0.15) is 29.3 Å². The fraction of sp³-hybridized carbons (Fsp3) is 0.125. The van der Waals surface area contributed by atoms with Crippen LogP contribution in [0.5, 0.6) is 0 Å². The maximum Gasteiger partial charge on any atom is 0.0756 e. The topological polar surface area (TPSA) is 12.4 Å². The minimum absolute atomic E-state index is 0.300. The normalized spacial score (nSPS) is 16.8. The summed E-state index contributed by atoms with van der Waals surface area (Å²) in [6.07, 6.45) is 2.19. The molecule has 1 aliphatic rings. The fourth-order valence-electron chi connectivity index (χ4n) is 3.82. The zero-order chi connectivity index (χ0) is 17.3. The lowest BCUT2D eigenvalue weighted by atomic mass is 9.96. The van der Waals surface area contributed by atoms with Crippen LogP contribution >= 0.6 is 11.3 Å². The Labute approximate surface area is 157 Å². The molecule has 1 atom stereocenters. The highest BCUT2D eigenvalue weighted by Gasteiger charge is 2.20. The molecule has 1 aliphatic heterocycles. The van der Waals surface area contributed by atoms with E-state index in [-0.39, 0.29) is 0 Å². The minimum Gasteiger partial charge on any atom is -0.280 e. The molecule has 0 fully saturated rings. The smallest absolute Gasteiger partial charge is 0.0756 e. The van der Waals surface area contributed by atoms with Crippen molar-refractivity contribution < 1.29 is 0 Å². The molecule has 2 heteroatoms. The van der Waals surface area contributed by atoms with Gasteiger partial charge in [0.05, 0.1) is 11.8 Å². The molecule has 3 aromatic carbocycles. The van der Waals surface area contributed by atoms with Gasteiger partial charge in [-0.1, -0.05) is 72.8 Å². The lowest BCUT2D eigenvalue weighted by Gasteiger charge is -2.10. The van der Waals surface area contributed by atoms with Crippen LogP contribution in [-0.2, 0) is 0 Å².